The summed E-state index contributed by atoms with van der Waals surface area (Å²) in [6, 6.07) is 10.8. The molecule has 3 aromatic rings. The number of benzene rings is 2. The monoisotopic (exact) mass is 413 g/mol. The van der Waals surface area contributed by atoms with E-state index in [-0.39, 0.29) is 5.75 Å². The van der Waals surface area contributed by atoms with E-state index in [0.717, 1.165) is 16.5 Å². The normalized spacial score (nSPS) is 10.9. The van der Waals surface area contributed by atoms with Crippen LogP contribution in [0.1, 0.15) is 18.1 Å². The maximum Gasteiger partial charge on any atom is 0.308 e. The van der Waals surface area contributed by atoms with Crippen molar-refractivity contribution in [3.8, 4) is 17.2 Å². The Bertz CT molecular complexity index is 1070. The highest BCUT2D eigenvalue weighted by atomic mass is 35.5. The summed E-state index contributed by atoms with van der Waals surface area (Å²) >= 11 is 6.06. The molecule has 150 valence electrons. The minimum absolute atomic E-state index is 0.220. The van der Waals surface area contributed by atoms with E-state index in [2.05, 4.69) is 15.5 Å². The predicted octanol–water partition coefficient (Wildman–Crippen LogP) is 4.59. The minimum atomic E-state index is -0.469. The largest absolute Gasteiger partial charge is 0.493 e. The molecule has 0 spiro atoms. The fourth-order valence-electron chi connectivity index (χ4n) is 2.82. The van der Waals surface area contributed by atoms with Crippen LogP contribution in [0.4, 0.5) is 5.82 Å². The first-order valence-corrected chi connectivity index (χ1v) is 9.09. The maximum absolute atomic E-state index is 11.3. The van der Waals surface area contributed by atoms with Crippen molar-refractivity contribution >= 4 is 40.5 Å². The average Bonchev–Trinajstić information content (AvgIpc) is 2.69. The highest BCUT2D eigenvalue weighted by Gasteiger charge is 2.15. The number of anilines is 1. The summed E-state index contributed by atoms with van der Waals surface area (Å²) in [5.41, 5.74) is 5.46. The molecule has 0 unspecified atom stereocenters. The Hall–Kier alpha value is -3.32. The number of hydrogen-bond donors (Lipinski definition) is 1. The molecule has 0 aliphatic carbocycles. The van der Waals surface area contributed by atoms with Gasteiger partial charge in [0, 0.05) is 22.9 Å². The van der Waals surface area contributed by atoms with Gasteiger partial charge in [0.1, 0.15) is 5.82 Å². The van der Waals surface area contributed by atoms with Gasteiger partial charge >= 0.3 is 5.97 Å². The minimum Gasteiger partial charge on any atom is -0.493 e. The molecule has 0 bridgehead atoms. The van der Waals surface area contributed by atoms with E-state index in [9.17, 15) is 4.79 Å². The molecule has 0 fully saturated rings. The van der Waals surface area contributed by atoms with E-state index < -0.39 is 5.97 Å². The number of hydrazone groups is 1. The topological polar surface area (TPSA) is 82.0 Å². The van der Waals surface area contributed by atoms with Crippen molar-refractivity contribution in [3.05, 3.63) is 52.5 Å². The second kappa shape index (κ2) is 8.79. The summed E-state index contributed by atoms with van der Waals surface area (Å²) in [6.07, 6.45) is 1.59. The molecular formula is C21H20ClN3O4. The van der Waals surface area contributed by atoms with Gasteiger partial charge in [0.25, 0.3) is 0 Å². The smallest absolute Gasteiger partial charge is 0.308 e. The number of carbonyl (C=O) groups is 1. The Kier molecular flexibility index (Phi) is 6.19. The molecule has 1 heterocycles. The number of fused-ring (bicyclic) bond motifs is 1. The van der Waals surface area contributed by atoms with Gasteiger partial charge in [-0.3, -0.25) is 10.2 Å². The van der Waals surface area contributed by atoms with Crippen LogP contribution in [-0.4, -0.2) is 31.4 Å². The zero-order valence-corrected chi connectivity index (χ0v) is 17.2. The molecule has 7 nitrogen and oxygen atoms in total. The van der Waals surface area contributed by atoms with Gasteiger partial charge in [0.05, 0.1) is 26.0 Å². The standard InChI is InChI=1S/C21H20ClN3O4/c1-12-7-20(24-17-6-5-15(22)10-16(12)17)25-23-11-14-8-18(27-3)21(29-13(2)26)19(9-14)28-4/h5-11H,1-4H3,(H,24,25)/b23-11+. The predicted molar refractivity (Wildman–Crippen MR) is 114 cm³/mol. The Morgan fingerprint density at radius 2 is 1.83 bits per heavy atom. The molecule has 2 aromatic carbocycles. The maximum atomic E-state index is 11.3. The summed E-state index contributed by atoms with van der Waals surface area (Å²) in [4.78, 5) is 15.9. The number of carbonyl (C=O) groups excluding carboxylic acids is 1. The Labute approximate surface area is 173 Å². The second-order valence-corrected chi connectivity index (χ2v) is 6.64. The molecule has 0 aliphatic rings. The van der Waals surface area contributed by atoms with E-state index in [4.69, 9.17) is 25.8 Å². The quantitative estimate of drug-likeness (QED) is 0.275. The zero-order valence-electron chi connectivity index (χ0n) is 16.4. The lowest BCUT2D eigenvalue weighted by molar-refractivity contribution is -0.132. The molecule has 1 N–H and O–H groups in total. The number of halogens is 1. The molecule has 8 heteroatoms. The number of aromatic nitrogens is 1. The number of methoxy groups -OCH3 is 2. The third kappa shape index (κ3) is 4.75. The van der Waals surface area contributed by atoms with Gasteiger partial charge < -0.3 is 14.2 Å². The van der Waals surface area contributed by atoms with Crippen molar-refractivity contribution in [2.75, 3.05) is 19.6 Å². The van der Waals surface area contributed by atoms with Crippen LogP contribution in [0.15, 0.2) is 41.5 Å². The third-order valence-electron chi connectivity index (χ3n) is 4.10. The first-order valence-electron chi connectivity index (χ1n) is 8.71. The number of hydrogen-bond acceptors (Lipinski definition) is 7. The van der Waals surface area contributed by atoms with E-state index in [0.29, 0.717) is 27.9 Å². The van der Waals surface area contributed by atoms with Gasteiger partial charge in [0.2, 0.25) is 5.75 Å². The molecular weight excluding hydrogens is 394 g/mol. The van der Waals surface area contributed by atoms with Gasteiger partial charge in [-0.25, -0.2) is 4.98 Å². The zero-order chi connectivity index (χ0) is 21.0. The molecule has 0 radical (unpaired) electrons. The first-order chi connectivity index (χ1) is 13.9. The molecule has 0 atom stereocenters. The van der Waals surface area contributed by atoms with Crippen LogP contribution < -0.4 is 19.6 Å². The van der Waals surface area contributed by atoms with Crippen LogP contribution in [0.3, 0.4) is 0 Å². The van der Waals surface area contributed by atoms with Gasteiger partial charge in [0.15, 0.2) is 11.5 Å². The molecule has 0 aliphatic heterocycles. The highest BCUT2D eigenvalue weighted by molar-refractivity contribution is 6.31. The van der Waals surface area contributed by atoms with Crippen molar-refractivity contribution in [3.63, 3.8) is 0 Å². The van der Waals surface area contributed by atoms with Crippen molar-refractivity contribution in [1.29, 1.82) is 0 Å². The number of pyridine rings is 1. The third-order valence-corrected chi connectivity index (χ3v) is 4.33. The SMILES string of the molecule is COc1cc(/C=N/Nc2cc(C)c3cc(Cl)ccc3n2)cc(OC)c1OC(C)=O. The van der Waals surface area contributed by atoms with Crippen molar-refractivity contribution in [2.45, 2.75) is 13.8 Å². The van der Waals surface area contributed by atoms with Crippen LogP contribution >= 0.6 is 11.6 Å². The molecule has 29 heavy (non-hydrogen) atoms. The van der Waals surface area contributed by atoms with Crippen LogP contribution in [0.5, 0.6) is 17.2 Å². The van der Waals surface area contributed by atoms with Crippen LogP contribution in [0.2, 0.25) is 5.02 Å². The lowest BCUT2D eigenvalue weighted by Gasteiger charge is -2.13. The Morgan fingerprint density at radius 3 is 2.45 bits per heavy atom. The average molecular weight is 414 g/mol. The van der Waals surface area contributed by atoms with Crippen molar-refractivity contribution in [1.82, 2.24) is 4.98 Å². The fraction of sp³-hybridized carbons (Fsp3) is 0.190. The number of nitrogens with zero attached hydrogens (tertiary/aromatic N) is 2. The summed E-state index contributed by atoms with van der Waals surface area (Å²) in [5, 5.41) is 5.89. The van der Waals surface area contributed by atoms with Gasteiger partial charge in [-0.15, -0.1) is 0 Å². The van der Waals surface area contributed by atoms with Gasteiger partial charge in [-0.2, -0.15) is 5.10 Å². The van der Waals surface area contributed by atoms with Crippen molar-refractivity contribution in [2.24, 2.45) is 5.10 Å². The Morgan fingerprint density at radius 1 is 1.14 bits per heavy atom. The number of ether oxygens (including phenoxy) is 3. The fourth-order valence-corrected chi connectivity index (χ4v) is 2.99. The van der Waals surface area contributed by atoms with E-state index in [1.165, 1.54) is 21.1 Å². The van der Waals surface area contributed by atoms with Crippen LogP contribution in [0, 0.1) is 6.92 Å². The number of esters is 1. The highest BCUT2D eigenvalue weighted by Crippen LogP contribution is 2.38. The summed E-state index contributed by atoms with van der Waals surface area (Å²) in [5.74, 6) is 1.07. The van der Waals surface area contributed by atoms with Crippen LogP contribution in [0.25, 0.3) is 10.9 Å². The van der Waals surface area contributed by atoms with Crippen LogP contribution in [-0.2, 0) is 4.79 Å². The Balaban J connectivity index is 1.85. The van der Waals surface area contributed by atoms with Gasteiger partial charge in [-0.1, -0.05) is 11.6 Å². The van der Waals surface area contributed by atoms with Gasteiger partial charge in [-0.05, 0) is 48.9 Å². The van der Waals surface area contributed by atoms with Crippen molar-refractivity contribution < 1.29 is 19.0 Å². The van der Waals surface area contributed by atoms with E-state index >= 15 is 0 Å². The molecule has 3 rings (SSSR count). The molecule has 0 saturated carbocycles. The van der Waals surface area contributed by atoms with E-state index in [1.807, 2.05) is 25.1 Å². The summed E-state index contributed by atoms with van der Waals surface area (Å²) in [6.45, 7) is 3.30. The molecule has 0 amide bonds. The summed E-state index contributed by atoms with van der Waals surface area (Å²) in [7, 11) is 2.96. The second-order valence-electron chi connectivity index (χ2n) is 6.20. The number of nitrogens with one attached hydrogen (secondary N) is 1. The molecule has 1 aromatic heterocycles. The number of aryl methyl sites for hydroxylation is 1. The number of rotatable bonds is 6. The molecule has 0 saturated heterocycles. The lowest BCUT2D eigenvalue weighted by atomic mass is 10.1. The lowest BCUT2D eigenvalue weighted by Crippen LogP contribution is -2.05. The van der Waals surface area contributed by atoms with E-state index in [1.54, 1.807) is 24.4 Å². The summed E-state index contributed by atoms with van der Waals surface area (Å²) < 4.78 is 15.8. The first kappa shape index (κ1) is 20.4.